The molecule has 0 fully saturated rings. The Morgan fingerprint density at radius 1 is 1.44 bits per heavy atom. The number of nitrogens with two attached hydrogens (primary N) is 1. The molecule has 1 unspecified atom stereocenters. The average molecular weight is 360 g/mol. The SMILES string of the molecule is CON=Cc1ccc2c(c1)c1c(n2Cc2ccccn2)C(C(N)=O)C[C]C1. The lowest BCUT2D eigenvalue weighted by molar-refractivity contribution is -0.119. The van der Waals surface area contributed by atoms with Crippen molar-refractivity contribution in [2.24, 2.45) is 10.9 Å². The third-order valence-corrected chi connectivity index (χ3v) is 4.91. The second kappa shape index (κ2) is 7.23. The van der Waals surface area contributed by atoms with Crippen LogP contribution in [0.25, 0.3) is 10.9 Å². The van der Waals surface area contributed by atoms with Gasteiger partial charge in [-0.15, -0.1) is 0 Å². The normalized spacial score (nSPS) is 16.6. The van der Waals surface area contributed by atoms with E-state index in [9.17, 15) is 4.79 Å². The summed E-state index contributed by atoms with van der Waals surface area (Å²) in [6.45, 7) is 0.585. The summed E-state index contributed by atoms with van der Waals surface area (Å²) in [5, 5.41) is 4.93. The van der Waals surface area contributed by atoms with Crippen LogP contribution in [0.3, 0.4) is 0 Å². The number of fused-ring (bicyclic) bond motifs is 3. The molecule has 2 aromatic heterocycles. The van der Waals surface area contributed by atoms with Crippen LogP contribution in [0.5, 0.6) is 0 Å². The predicted molar refractivity (Wildman–Crippen MR) is 103 cm³/mol. The first kappa shape index (κ1) is 17.3. The smallest absolute Gasteiger partial charge is 0.226 e. The number of pyridine rings is 1. The van der Waals surface area contributed by atoms with Gasteiger partial charge in [-0.25, -0.2) is 0 Å². The van der Waals surface area contributed by atoms with E-state index in [-0.39, 0.29) is 11.8 Å². The average Bonchev–Trinajstić information content (AvgIpc) is 3.00. The molecule has 0 saturated heterocycles. The zero-order valence-corrected chi connectivity index (χ0v) is 15.1. The molecule has 1 aliphatic rings. The molecule has 0 saturated carbocycles. The molecular weight excluding hydrogens is 340 g/mol. The summed E-state index contributed by atoms with van der Waals surface area (Å²) in [6, 6.07) is 11.9. The molecule has 1 aliphatic carbocycles. The quantitative estimate of drug-likeness (QED) is 0.561. The minimum atomic E-state index is -0.374. The number of aromatic nitrogens is 2. The molecule has 2 radical (unpaired) electrons. The minimum Gasteiger partial charge on any atom is -0.399 e. The maximum absolute atomic E-state index is 12.1. The molecule has 27 heavy (non-hydrogen) atoms. The number of nitrogens with zero attached hydrogens (tertiary/aromatic N) is 3. The van der Waals surface area contributed by atoms with E-state index in [4.69, 9.17) is 10.6 Å². The van der Waals surface area contributed by atoms with E-state index in [1.54, 1.807) is 12.4 Å². The lowest BCUT2D eigenvalue weighted by Gasteiger charge is -2.23. The largest absolute Gasteiger partial charge is 0.399 e. The minimum absolute atomic E-state index is 0.324. The van der Waals surface area contributed by atoms with Gasteiger partial charge in [0.25, 0.3) is 0 Å². The summed E-state index contributed by atoms with van der Waals surface area (Å²) in [7, 11) is 1.52. The molecular formula is C21H20N4O2. The molecule has 136 valence electrons. The summed E-state index contributed by atoms with van der Waals surface area (Å²) in [5.74, 6) is -0.698. The van der Waals surface area contributed by atoms with Crippen molar-refractivity contribution in [2.45, 2.75) is 25.3 Å². The number of rotatable bonds is 5. The Balaban J connectivity index is 1.92. The van der Waals surface area contributed by atoms with Crippen molar-refractivity contribution < 1.29 is 9.63 Å². The molecule has 0 aliphatic heterocycles. The van der Waals surface area contributed by atoms with Crippen molar-refractivity contribution in [2.75, 3.05) is 7.11 Å². The highest BCUT2D eigenvalue weighted by atomic mass is 16.6. The first-order chi connectivity index (χ1) is 13.2. The van der Waals surface area contributed by atoms with Crippen molar-refractivity contribution >= 4 is 23.0 Å². The van der Waals surface area contributed by atoms with Gasteiger partial charge in [-0.3, -0.25) is 9.78 Å². The Labute approximate surface area is 157 Å². The molecule has 4 rings (SSSR count). The number of primary amides is 1. The van der Waals surface area contributed by atoms with E-state index < -0.39 is 0 Å². The van der Waals surface area contributed by atoms with Crippen molar-refractivity contribution in [1.29, 1.82) is 0 Å². The molecule has 1 atom stereocenters. The fourth-order valence-electron chi connectivity index (χ4n) is 3.74. The van der Waals surface area contributed by atoms with E-state index in [0.29, 0.717) is 19.4 Å². The van der Waals surface area contributed by atoms with Crippen LogP contribution >= 0.6 is 0 Å². The van der Waals surface area contributed by atoms with Crippen LogP contribution in [0.15, 0.2) is 47.8 Å². The van der Waals surface area contributed by atoms with Gasteiger partial charge in [0, 0.05) is 22.8 Å². The fourth-order valence-corrected chi connectivity index (χ4v) is 3.74. The highest BCUT2D eigenvalue weighted by Crippen LogP contribution is 2.38. The number of carbonyl (C=O) groups excluding carboxylic acids is 1. The van der Waals surface area contributed by atoms with Crippen LogP contribution in [0.1, 0.15) is 34.9 Å². The Bertz CT molecular complexity index is 1010. The highest BCUT2D eigenvalue weighted by molar-refractivity contribution is 5.94. The Kier molecular flexibility index (Phi) is 4.62. The van der Waals surface area contributed by atoms with E-state index in [2.05, 4.69) is 27.2 Å². The maximum Gasteiger partial charge on any atom is 0.226 e. The van der Waals surface area contributed by atoms with Gasteiger partial charge in [0.05, 0.1) is 24.4 Å². The van der Waals surface area contributed by atoms with Crippen molar-refractivity contribution in [3.8, 4) is 0 Å². The third kappa shape index (κ3) is 3.18. The summed E-state index contributed by atoms with van der Waals surface area (Å²) in [6.07, 6.45) is 8.00. The number of oxime groups is 1. The number of carbonyl (C=O) groups is 1. The molecule has 0 spiro atoms. The van der Waals surface area contributed by atoms with E-state index >= 15 is 0 Å². The second-order valence-electron chi connectivity index (χ2n) is 6.55. The van der Waals surface area contributed by atoms with Crippen LogP contribution in [-0.4, -0.2) is 28.8 Å². The monoisotopic (exact) mass is 360 g/mol. The molecule has 2 N–H and O–H groups in total. The number of benzene rings is 1. The van der Waals surface area contributed by atoms with E-state index in [0.717, 1.165) is 33.4 Å². The van der Waals surface area contributed by atoms with Crippen LogP contribution in [-0.2, 0) is 22.6 Å². The predicted octanol–water partition coefficient (Wildman–Crippen LogP) is 2.66. The van der Waals surface area contributed by atoms with Gasteiger partial charge in [0.15, 0.2) is 0 Å². The summed E-state index contributed by atoms with van der Waals surface area (Å²) in [5.41, 5.74) is 10.7. The first-order valence-corrected chi connectivity index (χ1v) is 8.80. The van der Waals surface area contributed by atoms with Crippen molar-refractivity contribution in [1.82, 2.24) is 9.55 Å². The molecule has 1 amide bonds. The van der Waals surface area contributed by atoms with E-state index in [1.807, 2.05) is 30.3 Å². The van der Waals surface area contributed by atoms with Crippen molar-refractivity contribution in [3.05, 3.63) is 71.5 Å². The first-order valence-electron chi connectivity index (χ1n) is 8.80. The van der Waals surface area contributed by atoms with Gasteiger partial charge in [0.1, 0.15) is 7.11 Å². The van der Waals surface area contributed by atoms with Gasteiger partial charge in [0.2, 0.25) is 5.91 Å². The molecule has 2 heterocycles. The molecule has 3 aromatic rings. The van der Waals surface area contributed by atoms with Crippen LogP contribution in [0.4, 0.5) is 0 Å². The highest BCUT2D eigenvalue weighted by Gasteiger charge is 2.31. The zero-order chi connectivity index (χ0) is 18.8. The van der Waals surface area contributed by atoms with Gasteiger partial charge in [-0.05, 0) is 54.7 Å². The van der Waals surface area contributed by atoms with Gasteiger partial charge >= 0.3 is 0 Å². The van der Waals surface area contributed by atoms with Crippen LogP contribution in [0, 0.1) is 6.42 Å². The molecule has 6 nitrogen and oxygen atoms in total. The number of hydrogen-bond acceptors (Lipinski definition) is 4. The van der Waals surface area contributed by atoms with Crippen molar-refractivity contribution in [3.63, 3.8) is 0 Å². The van der Waals surface area contributed by atoms with Crippen LogP contribution < -0.4 is 5.73 Å². The van der Waals surface area contributed by atoms with Gasteiger partial charge in [-0.2, -0.15) is 0 Å². The standard InChI is InChI=1S/C21H20N4O2/c1-27-24-12-14-8-9-19-18(11-14)16-6-4-7-17(21(22)26)20(16)25(19)13-15-5-2-3-10-23-15/h2-3,5,8-12,17H,6-7,13H2,1H3,(H2,22,26). The lowest BCUT2D eigenvalue weighted by atomic mass is 9.86. The molecule has 6 heteroatoms. The summed E-state index contributed by atoms with van der Waals surface area (Å²) < 4.78 is 2.17. The van der Waals surface area contributed by atoms with Gasteiger partial charge < -0.3 is 15.1 Å². The molecule has 1 aromatic carbocycles. The summed E-state index contributed by atoms with van der Waals surface area (Å²) >= 11 is 0. The second-order valence-corrected chi connectivity index (χ2v) is 6.55. The maximum atomic E-state index is 12.1. The Morgan fingerprint density at radius 2 is 2.33 bits per heavy atom. The Hall–Kier alpha value is -3.15. The Morgan fingerprint density at radius 3 is 3.07 bits per heavy atom. The molecule has 0 bridgehead atoms. The lowest BCUT2D eigenvalue weighted by Crippen LogP contribution is -2.27. The van der Waals surface area contributed by atoms with E-state index in [1.165, 1.54) is 7.11 Å². The summed E-state index contributed by atoms with van der Waals surface area (Å²) in [4.78, 5) is 21.4. The van der Waals surface area contributed by atoms with Gasteiger partial charge in [-0.1, -0.05) is 17.3 Å². The topological polar surface area (TPSA) is 82.5 Å². The fraction of sp³-hybridized carbons (Fsp3) is 0.238. The van der Waals surface area contributed by atoms with Crippen LogP contribution in [0.2, 0.25) is 0 Å². The zero-order valence-electron chi connectivity index (χ0n) is 15.1. The number of amides is 1. The third-order valence-electron chi connectivity index (χ3n) is 4.91. The number of hydrogen-bond donors (Lipinski definition) is 1.